The molecule has 8 heteroatoms. The van der Waals surface area contributed by atoms with Gasteiger partial charge in [-0.2, -0.15) is 0 Å². The van der Waals surface area contributed by atoms with Gasteiger partial charge in [0.25, 0.3) is 0 Å². The maximum atomic E-state index is 12.5. The van der Waals surface area contributed by atoms with Crippen molar-refractivity contribution in [2.45, 2.75) is 25.9 Å². The van der Waals surface area contributed by atoms with Gasteiger partial charge in [-0.1, -0.05) is 12.1 Å². The van der Waals surface area contributed by atoms with Crippen LogP contribution in [0, 0.1) is 0 Å². The number of carbonyl (C=O) groups excluding carboxylic acids is 1. The van der Waals surface area contributed by atoms with Gasteiger partial charge in [0.15, 0.2) is 9.84 Å². The fourth-order valence-corrected chi connectivity index (χ4v) is 4.54. The standard InChI is InChI=1S/C17H26N2O5S/c1-3-24-16-6-4-14(5-7-16)12-18-17(20)19(9-10-23-2)15-8-11-25(21,22)13-15/h4-7,15H,3,8-13H2,1-2H3,(H,18,20). The Morgan fingerprint density at radius 2 is 2.04 bits per heavy atom. The van der Waals surface area contributed by atoms with E-state index < -0.39 is 9.84 Å². The zero-order valence-electron chi connectivity index (χ0n) is 14.7. The molecule has 0 radical (unpaired) electrons. The van der Waals surface area contributed by atoms with Gasteiger partial charge in [-0.05, 0) is 31.0 Å². The highest BCUT2D eigenvalue weighted by Crippen LogP contribution is 2.18. The molecule has 1 aromatic carbocycles. The highest BCUT2D eigenvalue weighted by molar-refractivity contribution is 7.91. The SMILES string of the molecule is CCOc1ccc(CNC(=O)N(CCOC)C2CCS(=O)(=O)C2)cc1. The number of amides is 2. The Balaban J connectivity index is 1.94. The number of urea groups is 1. The molecule has 1 N–H and O–H groups in total. The zero-order valence-corrected chi connectivity index (χ0v) is 15.5. The summed E-state index contributed by atoms with van der Waals surface area (Å²) in [6.45, 7) is 3.63. The van der Waals surface area contributed by atoms with Crippen LogP contribution in [0.5, 0.6) is 5.75 Å². The summed E-state index contributed by atoms with van der Waals surface area (Å²) < 4.78 is 33.8. The van der Waals surface area contributed by atoms with Gasteiger partial charge in [0.05, 0.1) is 24.7 Å². The number of carbonyl (C=O) groups is 1. The molecule has 1 aliphatic heterocycles. The highest BCUT2D eigenvalue weighted by atomic mass is 32.2. The zero-order chi connectivity index (χ0) is 18.3. The van der Waals surface area contributed by atoms with Gasteiger partial charge in [-0.15, -0.1) is 0 Å². The van der Waals surface area contributed by atoms with Crippen molar-refractivity contribution in [2.24, 2.45) is 0 Å². The van der Waals surface area contributed by atoms with E-state index in [1.54, 1.807) is 12.0 Å². The van der Waals surface area contributed by atoms with Crippen molar-refractivity contribution >= 4 is 15.9 Å². The van der Waals surface area contributed by atoms with Crippen LogP contribution in [0.4, 0.5) is 4.79 Å². The van der Waals surface area contributed by atoms with E-state index in [0.717, 1.165) is 11.3 Å². The fraction of sp³-hybridized carbons (Fsp3) is 0.588. The van der Waals surface area contributed by atoms with Crippen molar-refractivity contribution in [3.8, 4) is 5.75 Å². The van der Waals surface area contributed by atoms with E-state index >= 15 is 0 Å². The Morgan fingerprint density at radius 3 is 2.60 bits per heavy atom. The first-order chi connectivity index (χ1) is 11.9. The van der Waals surface area contributed by atoms with E-state index in [9.17, 15) is 13.2 Å². The number of nitrogens with zero attached hydrogens (tertiary/aromatic N) is 1. The normalized spacial score (nSPS) is 18.7. The third-order valence-electron chi connectivity index (χ3n) is 4.12. The monoisotopic (exact) mass is 370 g/mol. The van der Waals surface area contributed by atoms with Crippen molar-refractivity contribution in [2.75, 3.05) is 38.4 Å². The predicted molar refractivity (Wildman–Crippen MR) is 95.5 cm³/mol. The van der Waals surface area contributed by atoms with Crippen LogP contribution in [0.3, 0.4) is 0 Å². The maximum absolute atomic E-state index is 12.5. The van der Waals surface area contributed by atoms with E-state index in [-0.39, 0.29) is 23.6 Å². The molecule has 140 valence electrons. The molecule has 1 atom stereocenters. The molecule has 0 bridgehead atoms. The third-order valence-corrected chi connectivity index (χ3v) is 5.87. The van der Waals surface area contributed by atoms with E-state index in [1.165, 1.54) is 0 Å². The highest BCUT2D eigenvalue weighted by Gasteiger charge is 2.34. The summed E-state index contributed by atoms with van der Waals surface area (Å²) in [7, 11) is -1.50. The number of rotatable bonds is 8. The number of ether oxygens (including phenoxy) is 2. The lowest BCUT2D eigenvalue weighted by molar-refractivity contribution is 0.133. The molecule has 25 heavy (non-hydrogen) atoms. The van der Waals surface area contributed by atoms with Gasteiger partial charge in [-0.25, -0.2) is 13.2 Å². The van der Waals surface area contributed by atoms with Crippen LogP contribution in [0.25, 0.3) is 0 Å². The summed E-state index contributed by atoms with van der Waals surface area (Å²) in [6.07, 6.45) is 0.475. The molecule has 0 spiro atoms. The quantitative estimate of drug-likeness (QED) is 0.748. The van der Waals surface area contributed by atoms with Crippen LogP contribution >= 0.6 is 0 Å². The third kappa shape index (κ3) is 5.89. The predicted octanol–water partition coefficient (Wildman–Crippen LogP) is 1.43. The summed E-state index contributed by atoms with van der Waals surface area (Å²) in [6, 6.07) is 6.94. The van der Waals surface area contributed by atoms with E-state index in [2.05, 4.69) is 5.32 Å². The molecule has 0 saturated carbocycles. The number of nitrogens with one attached hydrogen (secondary N) is 1. The van der Waals surface area contributed by atoms with Gasteiger partial charge in [0.1, 0.15) is 5.75 Å². The second kappa shape index (κ2) is 9.05. The van der Waals surface area contributed by atoms with Gasteiger partial charge in [0, 0.05) is 26.2 Å². The van der Waals surface area contributed by atoms with Crippen molar-refractivity contribution in [3.05, 3.63) is 29.8 Å². The first kappa shape index (κ1) is 19.5. The van der Waals surface area contributed by atoms with Crippen LogP contribution in [-0.2, 0) is 21.1 Å². The Hall–Kier alpha value is -1.80. The Bertz CT molecular complexity index is 660. The average Bonchev–Trinajstić information content (AvgIpc) is 2.94. The van der Waals surface area contributed by atoms with Crippen LogP contribution < -0.4 is 10.1 Å². The Labute approximate surface area is 149 Å². The molecular formula is C17H26N2O5S. The smallest absolute Gasteiger partial charge is 0.318 e. The molecule has 2 amide bonds. The molecule has 1 aliphatic rings. The number of hydrogen-bond donors (Lipinski definition) is 1. The minimum absolute atomic E-state index is 0.0210. The lowest BCUT2D eigenvalue weighted by Gasteiger charge is -2.28. The summed E-state index contributed by atoms with van der Waals surface area (Å²) >= 11 is 0. The number of benzene rings is 1. The average molecular weight is 370 g/mol. The van der Waals surface area contributed by atoms with Crippen LogP contribution in [-0.4, -0.2) is 63.8 Å². The molecule has 1 unspecified atom stereocenters. The van der Waals surface area contributed by atoms with Gasteiger partial charge in [0.2, 0.25) is 0 Å². The first-order valence-electron chi connectivity index (χ1n) is 8.40. The number of methoxy groups -OCH3 is 1. The second-order valence-corrected chi connectivity index (χ2v) is 8.21. The summed E-state index contributed by atoms with van der Waals surface area (Å²) in [5, 5.41) is 2.86. The summed E-state index contributed by atoms with van der Waals surface area (Å²) in [5.41, 5.74) is 0.947. The van der Waals surface area contributed by atoms with E-state index in [4.69, 9.17) is 9.47 Å². The van der Waals surface area contributed by atoms with Crippen molar-refractivity contribution < 1.29 is 22.7 Å². The van der Waals surface area contributed by atoms with E-state index in [1.807, 2.05) is 31.2 Å². The van der Waals surface area contributed by atoms with Crippen LogP contribution in [0.1, 0.15) is 18.9 Å². The summed E-state index contributed by atoms with van der Waals surface area (Å²) in [4.78, 5) is 14.1. The van der Waals surface area contributed by atoms with Crippen molar-refractivity contribution in [1.82, 2.24) is 10.2 Å². The van der Waals surface area contributed by atoms with Crippen LogP contribution in [0.2, 0.25) is 0 Å². The molecule has 1 fully saturated rings. The number of hydrogen-bond acceptors (Lipinski definition) is 5. The molecular weight excluding hydrogens is 344 g/mol. The second-order valence-electron chi connectivity index (χ2n) is 5.98. The Kier molecular flexibility index (Phi) is 7.07. The Morgan fingerprint density at radius 1 is 1.32 bits per heavy atom. The molecule has 1 aromatic rings. The molecule has 2 rings (SSSR count). The molecule has 1 heterocycles. The van der Waals surface area contributed by atoms with Gasteiger partial charge in [-0.3, -0.25) is 0 Å². The fourth-order valence-electron chi connectivity index (χ4n) is 2.81. The molecule has 1 saturated heterocycles. The van der Waals surface area contributed by atoms with Crippen molar-refractivity contribution in [1.29, 1.82) is 0 Å². The van der Waals surface area contributed by atoms with Gasteiger partial charge < -0.3 is 19.7 Å². The lowest BCUT2D eigenvalue weighted by atomic mass is 10.2. The number of sulfone groups is 1. The maximum Gasteiger partial charge on any atom is 0.318 e. The summed E-state index contributed by atoms with van der Waals surface area (Å²) in [5.74, 6) is 0.941. The minimum atomic E-state index is -3.05. The minimum Gasteiger partial charge on any atom is -0.494 e. The molecule has 0 aromatic heterocycles. The van der Waals surface area contributed by atoms with Gasteiger partial charge >= 0.3 is 6.03 Å². The topological polar surface area (TPSA) is 84.9 Å². The molecule has 7 nitrogen and oxygen atoms in total. The van der Waals surface area contributed by atoms with Crippen molar-refractivity contribution in [3.63, 3.8) is 0 Å². The molecule has 0 aliphatic carbocycles. The first-order valence-corrected chi connectivity index (χ1v) is 10.2. The largest absolute Gasteiger partial charge is 0.494 e. The lowest BCUT2D eigenvalue weighted by Crippen LogP contribution is -2.48. The van der Waals surface area contributed by atoms with Crippen LogP contribution in [0.15, 0.2) is 24.3 Å². The van der Waals surface area contributed by atoms with E-state index in [0.29, 0.717) is 32.7 Å².